The molecule has 4 aromatic rings. The minimum atomic E-state index is -0.361. The molecule has 1 atom stereocenters. The first-order chi connectivity index (χ1) is 17.4. The summed E-state index contributed by atoms with van der Waals surface area (Å²) in [6.07, 6.45) is 1.71. The van der Waals surface area contributed by atoms with Crippen LogP contribution in [0.15, 0.2) is 66.9 Å². The van der Waals surface area contributed by atoms with Gasteiger partial charge in [0.25, 0.3) is 11.8 Å². The lowest BCUT2D eigenvalue weighted by Gasteiger charge is -2.32. The molecule has 1 aliphatic heterocycles. The number of nitrogens with two attached hydrogens (primary N) is 1. The topological polar surface area (TPSA) is 109 Å². The van der Waals surface area contributed by atoms with Crippen LogP contribution in [0.1, 0.15) is 56.2 Å². The number of anilines is 1. The second kappa shape index (κ2) is 9.79. The number of hydrogen-bond acceptors (Lipinski definition) is 4. The zero-order chi connectivity index (χ0) is 25.2. The number of benzene rings is 2. The van der Waals surface area contributed by atoms with Gasteiger partial charge in [-0.3, -0.25) is 14.3 Å². The molecule has 0 bridgehead atoms. The van der Waals surface area contributed by atoms with Gasteiger partial charge in [0.1, 0.15) is 11.5 Å². The van der Waals surface area contributed by atoms with Gasteiger partial charge in [0.05, 0.1) is 13.1 Å². The fourth-order valence-corrected chi connectivity index (χ4v) is 4.71. The molecule has 0 saturated heterocycles. The number of nitrogens with one attached hydrogen (secondary N) is 2. The molecule has 0 fully saturated rings. The zero-order valence-electron chi connectivity index (χ0n) is 19.9. The first-order valence-electron chi connectivity index (χ1n) is 11.8. The third-order valence-electron chi connectivity index (χ3n) is 6.40. The average Bonchev–Trinajstić information content (AvgIpc) is 3.54. The van der Waals surface area contributed by atoms with Crippen LogP contribution in [0.3, 0.4) is 0 Å². The molecule has 5 rings (SSSR count). The van der Waals surface area contributed by atoms with Gasteiger partial charge in [-0.1, -0.05) is 31.2 Å². The molecular weight excluding hydrogens is 459 g/mol. The van der Waals surface area contributed by atoms with Crippen molar-refractivity contribution >= 4 is 17.5 Å². The summed E-state index contributed by atoms with van der Waals surface area (Å²) in [5.41, 5.74) is 10.5. The summed E-state index contributed by atoms with van der Waals surface area (Å²) in [7, 11) is 0. The van der Waals surface area contributed by atoms with Crippen LogP contribution in [-0.2, 0) is 19.6 Å². The van der Waals surface area contributed by atoms with Crippen molar-refractivity contribution in [3.05, 3.63) is 106 Å². The Labute approximate surface area is 207 Å². The molecule has 2 amide bonds. The van der Waals surface area contributed by atoms with Crippen molar-refractivity contribution in [1.82, 2.24) is 19.7 Å². The van der Waals surface area contributed by atoms with E-state index in [9.17, 15) is 14.0 Å². The second-order valence-electron chi connectivity index (χ2n) is 9.03. The third kappa shape index (κ3) is 4.65. The van der Waals surface area contributed by atoms with Crippen LogP contribution < -0.4 is 11.1 Å². The Bertz CT molecular complexity index is 1390. The van der Waals surface area contributed by atoms with Gasteiger partial charge < -0.3 is 20.9 Å². The predicted molar refractivity (Wildman–Crippen MR) is 134 cm³/mol. The van der Waals surface area contributed by atoms with Gasteiger partial charge in [0.2, 0.25) is 0 Å². The van der Waals surface area contributed by atoms with Gasteiger partial charge in [-0.05, 0) is 47.5 Å². The van der Waals surface area contributed by atoms with Crippen LogP contribution in [0.4, 0.5) is 10.1 Å². The SMILES string of the molecule is C[C@H]1CN(C(=O)c2ccc[nH]2)Cc2c(C(=O)Nc3cccc(CN)c3)nn(Cc3ccc(F)cc3)c21. The fourth-order valence-electron chi connectivity index (χ4n) is 4.71. The number of fused-ring (bicyclic) bond motifs is 1. The van der Waals surface area contributed by atoms with Gasteiger partial charge in [-0.15, -0.1) is 0 Å². The van der Waals surface area contributed by atoms with Crippen LogP contribution in [0.2, 0.25) is 0 Å². The smallest absolute Gasteiger partial charge is 0.276 e. The molecule has 3 heterocycles. The maximum Gasteiger partial charge on any atom is 0.276 e. The zero-order valence-corrected chi connectivity index (χ0v) is 19.9. The van der Waals surface area contributed by atoms with Crippen LogP contribution in [0, 0.1) is 5.82 Å². The van der Waals surface area contributed by atoms with Crippen molar-refractivity contribution in [3.8, 4) is 0 Å². The monoisotopic (exact) mass is 486 g/mol. The maximum absolute atomic E-state index is 13.4. The van der Waals surface area contributed by atoms with Gasteiger partial charge in [-0.2, -0.15) is 5.10 Å². The highest BCUT2D eigenvalue weighted by Gasteiger charge is 2.34. The molecular formula is C27H27FN6O2. The normalized spacial score (nSPS) is 15.0. The minimum Gasteiger partial charge on any atom is -0.357 e. The van der Waals surface area contributed by atoms with E-state index in [4.69, 9.17) is 10.8 Å². The van der Waals surface area contributed by atoms with E-state index in [1.807, 2.05) is 25.1 Å². The molecule has 2 aromatic heterocycles. The number of carbonyl (C=O) groups is 2. The molecule has 184 valence electrons. The van der Waals surface area contributed by atoms with Crippen LogP contribution in [-0.4, -0.2) is 38.0 Å². The first-order valence-corrected chi connectivity index (χ1v) is 11.8. The standard InChI is InChI=1S/C27H27FN6O2/c1-17-14-33(27(36)23-6-3-11-30-23)16-22-24(26(35)31-21-5-2-4-19(12-21)13-29)32-34(25(17)22)15-18-7-9-20(28)10-8-18/h2-12,17,30H,13-16,29H2,1H3,(H,31,35)/t17-/m0/s1. The summed E-state index contributed by atoms with van der Waals surface area (Å²) in [6, 6.07) is 17.1. The van der Waals surface area contributed by atoms with Gasteiger partial charge >= 0.3 is 0 Å². The Morgan fingerprint density at radius 1 is 1.14 bits per heavy atom. The van der Waals surface area contributed by atoms with Crippen molar-refractivity contribution in [1.29, 1.82) is 0 Å². The summed E-state index contributed by atoms with van der Waals surface area (Å²) in [5.74, 6) is -0.874. The Morgan fingerprint density at radius 2 is 1.94 bits per heavy atom. The molecule has 0 unspecified atom stereocenters. The summed E-state index contributed by atoms with van der Waals surface area (Å²) in [6.45, 7) is 3.50. The van der Waals surface area contributed by atoms with E-state index in [-0.39, 0.29) is 35.8 Å². The summed E-state index contributed by atoms with van der Waals surface area (Å²) < 4.78 is 15.2. The molecule has 2 aromatic carbocycles. The van der Waals surface area contributed by atoms with E-state index in [2.05, 4.69) is 10.3 Å². The van der Waals surface area contributed by atoms with Gasteiger partial charge in [0.15, 0.2) is 5.69 Å². The number of hydrogen-bond donors (Lipinski definition) is 3. The highest BCUT2D eigenvalue weighted by atomic mass is 19.1. The van der Waals surface area contributed by atoms with Crippen molar-refractivity contribution in [2.24, 2.45) is 5.73 Å². The van der Waals surface area contributed by atoms with E-state index in [1.165, 1.54) is 12.1 Å². The number of nitrogens with zero attached hydrogens (tertiary/aromatic N) is 3. The lowest BCUT2D eigenvalue weighted by Crippen LogP contribution is -2.38. The Kier molecular flexibility index (Phi) is 6.39. The molecule has 36 heavy (non-hydrogen) atoms. The number of carbonyl (C=O) groups excluding carboxylic acids is 2. The first kappa shape index (κ1) is 23.5. The molecule has 0 radical (unpaired) electrons. The maximum atomic E-state index is 13.4. The van der Waals surface area contributed by atoms with E-state index >= 15 is 0 Å². The molecule has 0 saturated carbocycles. The van der Waals surface area contributed by atoms with Crippen LogP contribution in [0.5, 0.6) is 0 Å². The highest BCUT2D eigenvalue weighted by molar-refractivity contribution is 6.04. The second-order valence-corrected chi connectivity index (χ2v) is 9.03. The van der Waals surface area contributed by atoms with E-state index in [0.29, 0.717) is 36.6 Å². The van der Waals surface area contributed by atoms with Gasteiger partial charge in [0, 0.05) is 42.1 Å². The van der Waals surface area contributed by atoms with E-state index < -0.39 is 0 Å². The number of halogens is 1. The highest BCUT2D eigenvalue weighted by Crippen LogP contribution is 2.32. The minimum absolute atomic E-state index is 0.0669. The summed E-state index contributed by atoms with van der Waals surface area (Å²) >= 11 is 0. The average molecular weight is 487 g/mol. The molecule has 0 aliphatic carbocycles. The van der Waals surface area contributed by atoms with Crippen molar-refractivity contribution in [2.75, 3.05) is 11.9 Å². The third-order valence-corrected chi connectivity index (χ3v) is 6.40. The molecule has 8 nitrogen and oxygen atoms in total. The Morgan fingerprint density at radius 3 is 2.67 bits per heavy atom. The lowest BCUT2D eigenvalue weighted by molar-refractivity contribution is 0.0711. The van der Waals surface area contributed by atoms with Crippen molar-refractivity contribution in [2.45, 2.75) is 32.5 Å². The number of amides is 2. The van der Waals surface area contributed by atoms with Crippen molar-refractivity contribution < 1.29 is 14.0 Å². The number of H-pyrrole nitrogens is 1. The summed E-state index contributed by atoms with van der Waals surface area (Å²) in [5, 5.41) is 7.62. The molecule has 9 heteroatoms. The quantitative estimate of drug-likeness (QED) is 0.384. The molecule has 0 spiro atoms. The number of aromatic nitrogens is 3. The number of rotatable bonds is 6. The van der Waals surface area contributed by atoms with E-state index in [0.717, 1.165) is 16.8 Å². The van der Waals surface area contributed by atoms with Crippen LogP contribution >= 0.6 is 0 Å². The lowest BCUT2D eigenvalue weighted by atomic mass is 9.95. The fraction of sp³-hybridized carbons (Fsp3) is 0.222. The van der Waals surface area contributed by atoms with E-state index in [1.54, 1.807) is 46.1 Å². The van der Waals surface area contributed by atoms with Crippen LogP contribution in [0.25, 0.3) is 0 Å². The van der Waals surface area contributed by atoms with Crippen molar-refractivity contribution in [3.63, 3.8) is 0 Å². The summed E-state index contributed by atoms with van der Waals surface area (Å²) in [4.78, 5) is 31.2. The van der Waals surface area contributed by atoms with Gasteiger partial charge in [-0.25, -0.2) is 4.39 Å². The Balaban J connectivity index is 1.51. The molecule has 4 N–H and O–H groups in total. The predicted octanol–water partition coefficient (Wildman–Crippen LogP) is 3.87. The number of aromatic amines is 1. The Hall–Kier alpha value is -4.24. The molecule has 1 aliphatic rings. The largest absolute Gasteiger partial charge is 0.357 e.